The molecule has 4 aromatic rings. The largest absolute Gasteiger partial charge is 0.489 e. The third kappa shape index (κ3) is 6.64. The van der Waals surface area contributed by atoms with Crippen LogP contribution in [0.5, 0.6) is 5.75 Å². The number of rotatable bonds is 10. The molecule has 1 atom stereocenters. The number of aromatic carboxylic acids is 1. The number of likely N-dealkylation sites (tertiary alicyclic amines) is 1. The lowest BCUT2D eigenvalue weighted by atomic mass is 10.1. The molecular formula is C32H32N2O3. The fourth-order valence-corrected chi connectivity index (χ4v) is 4.85. The van der Waals surface area contributed by atoms with Gasteiger partial charge in [-0.3, -0.25) is 4.90 Å². The quantitative estimate of drug-likeness (QED) is 0.290. The van der Waals surface area contributed by atoms with Crippen LogP contribution in [0.1, 0.15) is 27.9 Å². The van der Waals surface area contributed by atoms with Gasteiger partial charge in [0.25, 0.3) is 0 Å². The van der Waals surface area contributed by atoms with Crippen LogP contribution in [0.2, 0.25) is 0 Å². The number of benzene rings is 4. The Balaban J connectivity index is 1.27. The van der Waals surface area contributed by atoms with Gasteiger partial charge >= 0.3 is 5.97 Å². The second kappa shape index (κ2) is 11.9. The van der Waals surface area contributed by atoms with Gasteiger partial charge in [0, 0.05) is 37.6 Å². The first-order valence-corrected chi connectivity index (χ1v) is 12.8. The molecule has 4 aromatic carbocycles. The molecule has 37 heavy (non-hydrogen) atoms. The summed E-state index contributed by atoms with van der Waals surface area (Å²) in [6.45, 7) is 4.22. The Morgan fingerprint density at radius 3 is 2.51 bits per heavy atom. The average Bonchev–Trinajstić information content (AvgIpc) is 3.38. The van der Waals surface area contributed by atoms with E-state index in [4.69, 9.17) is 4.74 Å². The first kappa shape index (κ1) is 24.8. The number of hydrogen-bond donors (Lipinski definition) is 2. The lowest BCUT2D eigenvalue weighted by Crippen LogP contribution is -2.34. The van der Waals surface area contributed by atoms with E-state index in [9.17, 15) is 9.90 Å². The second-order valence-electron chi connectivity index (χ2n) is 9.58. The van der Waals surface area contributed by atoms with Gasteiger partial charge in [-0.15, -0.1) is 0 Å². The SMILES string of the molecule is O=C(O)c1ccc(/C=C(\CNC2CCN(Cc3ccccc3)C2)COc2cccc3ccccc23)cc1. The molecule has 188 valence electrons. The first-order chi connectivity index (χ1) is 18.1. The molecule has 2 N–H and O–H groups in total. The van der Waals surface area contributed by atoms with E-state index >= 15 is 0 Å². The van der Waals surface area contributed by atoms with E-state index in [0.717, 1.165) is 53.7 Å². The minimum Gasteiger partial charge on any atom is -0.489 e. The summed E-state index contributed by atoms with van der Waals surface area (Å²) in [7, 11) is 0. The summed E-state index contributed by atoms with van der Waals surface area (Å²) in [5, 5.41) is 15.2. The van der Waals surface area contributed by atoms with E-state index in [2.05, 4.69) is 64.8 Å². The van der Waals surface area contributed by atoms with Gasteiger partial charge in [-0.1, -0.05) is 84.9 Å². The molecule has 0 aliphatic carbocycles. The predicted octanol–water partition coefficient (Wildman–Crippen LogP) is 5.86. The molecule has 1 heterocycles. The van der Waals surface area contributed by atoms with Gasteiger partial charge in [-0.05, 0) is 46.7 Å². The van der Waals surface area contributed by atoms with Gasteiger partial charge in [0.05, 0.1) is 5.56 Å². The molecule has 0 amide bonds. The molecule has 0 bridgehead atoms. The third-order valence-corrected chi connectivity index (χ3v) is 6.83. The summed E-state index contributed by atoms with van der Waals surface area (Å²) < 4.78 is 6.32. The molecule has 1 saturated heterocycles. The Hall–Kier alpha value is -3.93. The summed E-state index contributed by atoms with van der Waals surface area (Å²) in [5.41, 5.74) is 3.70. The molecule has 0 radical (unpaired) electrons. The maximum Gasteiger partial charge on any atom is 0.335 e. The van der Waals surface area contributed by atoms with Crippen molar-refractivity contribution in [1.82, 2.24) is 10.2 Å². The molecule has 1 fully saturated rings. The van der Waals surface area contributed by atoms with Crippen LogP contribution in [-0.2, 0) is 6.54 Å². The van der Waals surface area contributed by atoms with Gasteiger partial charge in [0.2, 0.25) is 0 Å². The number of carboxylic acid groups (broad SMARTS) is 1. The number of carbonyl (C=O) groups is 1. The molecule has 1 aliphatic rings. The predicted molar refractivity (Wildman–Crippen MR) is 149 cm³/mol. The Kier molecular flexibility index (Phi) is 7.94. The van der Waals surface area contributed by atoms with Crippen LogP contribution in [0.4, 0.5) is 0 Å². The minimum atomic E-state index is -0.919. The van der Waals surface area contributed by atoms with Crippen molar-refractivity contribution in [2.45, 2.75) is 19.0 Å². The molecule has 1 unspecified atom stereocenters. The van der Waals surface area contributed by atoms with Gasteiger partial charge in [-0.25, -0.2) is 4.79 Å². The van der Waals surface area contributed by atoms with Gasteiger partial charge in [0.1, 0.15) is 12.4 Å². The summed E-state index contributed by atoms with van der Waals surface area (Å²) in [6.07, 6.45) is 3.21. The smallest absolute Gasteiger partial charge is 0.335 e. The third-order valence-electron chi connectivity index (χ3n) is 6.83. The molecule has 5 heteroatoms. The van der Waals surface area contributed by atoms with Crippen molar-refractivity contribution in [3.05, 3.63) is 119 Å². The topological polar surface area (TPSA) is 61.8 Å². The number of nitrogens with zero attached hydrogens (tertiary/aromatic N) is 1. The van der Waals surface area contributed by atoms with Gasteiger partial charge in [-0.2, -0.15) is 0 Å². The summed E-state index contributed by atoms with van der Waals surface area (Å²) >= 11 is 0. The maximum atomic E-state index is 11.2. The molecule has 1 aliphatic heterocycles. The Labute approximate surface area is 218 Å². The molecule has 0 aromatic heterocycles. The standard InChI is InChI=1S/C32H32N2O3/c35-32(36)28-15-13-24(14-16-28)19-26(23-37-31-12-6-10-27-9-4-5-11-30(27)31)20-33-29-17-18-34(22-29)21-25-7-2-1-3-8-25/h1-16,19,29,33H,17-18,20-23H2,(H,35,36)/b26-19+. The lowest BCUT2D eigenvalue weighted by Gasteiger charge is -2.18. The van der Waals surface area contributed by atoms with Crippen molar-refractivity contribution in [2.75, 3.05) is 26.2 Å². The Bertz CT molecular complexity index is 1360. The number of fused-ring (bicyclic) bond motifs is 1. The van der Waals surface area contributed by atoms with Crippen LogP contribution in [0.3, 0.4) is 0 Å². The maximum absolute atomic E-state index is 11.2. The van der Waals surface area contributed by atoms with E-state index in [-0.39, 0.29) is 5.56 Å². The molecule has 0 saturated carbocycles. The zero-order valence-electron chi connectivity index (χ0n) is 20.8. The van der Waals surface area contributed by atoms with Crippen LogP contribution >= 0.6 is 0 Å². The van der Waals surface area contributed by atoms with E-state index in [1.54, 1.807) is 12.1 Å². The van der Waals surface area contributed by atoms with Crippen LogP contribution in [0, 0.1) is 0 Å². The zero-order chi connectivity index (χ0) is 25.5. The van der Waals surface area contributed by atoms with Crippen LogP contribution in [0.25, 0.3) is 16.8 Å². The molecular weight excluding hydrogens is 460 g/mol. The second-order valence-corrected chi connectivity index (χ2v) is 9.58. The number of ether oxygens (including phenoxy) is 1. The highest BCUT2D eigenvalue weighted by Gasteiger charge is 2.22. The van der Waals surface area contributed by atoms with Crippen LogP contribution < -0.4 is 10.1 Å². The highest BCUT2D eigenvalue weighted by molar-refractivity contribution is 5.88. The average molecular weight is 493 g/mol. The van der Waals surface area contributed by atoms with Crippen LogP contribution in [0.15, 0.2) is 103 Å². The van der Waals surface area contributed by atoms with Crippen molar-refractivity contribution in [2.24, 2.45) is 0 Å². The van der Waals surface area contributed by atoms with Crippen molar-refractivity contribution >= 4 is 22.8 Å². The highest BCUT2D eigenvalue weighted by Crippen LogP contribution is 2.26. The minimum absolute atomic E-state index is 0.285. The van der Waals surface area contributed by atoms with Crippen molar-refractivity contribution in [3.8, 4) is 5.75 Å². The number of carboxylic acids is 1. The molecule has 5 nitrogen and oxygen atoms in total. The normalized spacial score (nSPS) is 16.2. The zero-order valence-corrected chi connectivity index (χ0v) is 20.8. The van der Waals surface area contributed by atoms with Crippen LogP contribution in [-0.4, -0.2) is 48.3 Å². The van der Waals surface area contributed by atoms with E-state index < -0.39 is 5.97 Å². The van der Waals surface area contributed by atoms with Gasteiger partial charge < -0.3 is 15.2 Å². The fraction of sp³-hybridized carbons (Fsp3) is 0.219. The summed E-state index contributed by atoms with van der Waals surface area (Å²) in [4.78, 5) is 13.7. The monoisotopic (exact) mass is 492 g/mol. The first-order valence-electron chi connectivity index (χ1n) is 12.8. The number of nitrogens with one attached hydrogen (secondary N) is 1. The summed E-state index contributed by atoms with van der Waals surface area (Å²) in [6, 6.07) is 32.3. The Morgan fingerprint density at radius 2 is 1.70 bits per heavy atom. The molecule has 0 spiro atoms. The van der Waals surface area contributed by atoms with Crippen molar-refractivity contribution < 1.29 is 14.6 Å². The van der Waals surface area contributed by atoms with E-state index in [0.29, 0.717) is 19.2 Å². The van der Waals surface area contributed by atoms with E-state index in [1.807, 2.05) is 36.4 Å². The number of hydrogen-bond acceptors (Lipinski definition) is 4. The lowest BCUT2D eigenvalue weighted by molar-refractivity contribution is 0.0697. The van der Waals surface area contributed by atoms with Gasteiger partial charge in [0.15, 0.2) is 0 Å². The highest BCUT2D eigenvalue weighted by atomic mass is 16.5. The molecule has 5 rings (SSSR count). The van der Waals surface area contributed by atoms with Crippen molar-refractivity contribution in [1.29, 1.82) is 0 Å². The van der Waals surface area contributed by atoms with Crippen molar-refractivity contribution in [3.63, 3.8) is 0 Å². The Morgan fingerprint density at radius 1 is 0.946 bits per heavy atom. The van der Waals surface area contributed by atoms with E-state index in [1.165, 1.54) is 5.56 Å². The fourth-order valence-electron chi connectivity index (χ4n) is 4.85. The summed E-state index contributed by atoms with van der Waals surface area (Å²) in [5.74, 6) is -0.0573.